The van der Waals surface area contributed by atoms with Crippen LogP contribution < -0.4 is 5.32 Å². The van der Waals surface area contributed by atoms with Crippen LogP contribution in [0.2, 0.25) is 0 Å². The molecule has 0 atom stereocenters. The first kappa shape index (κ1) is 18.2. The van der Waals surface area contributed by atoms with E-state index >= 15 is 0 Å². The Morgan fingerprint density at radius 3 is 2.42 bits per heavy atom. The lowest BCUT2D eigenvalue weighted by atomic mass is 9.86. The molecule has 0 bridgehead atoms. The molecule has 1 aliphatic carbocycles. The number of carbonyl (C=O) groups excluding carboxylic acids is 1. The Kier molecular flexibility index (Phi) is 5.47. The highest BCUT2D eigenvalue weighted by Crippen LogP contribution is 2.32. The van der Waals surface area contributed by atoms with Gasteiger partial charge in [0, 0.05) is 12.1 Å². The number of benzene rings is 1. The van der Waals surface area contributed by atoms with Gasteiger partial charge in [-0.3, -0.25) is 14.9 Å². The molecule has 0 unspecified atom stereocenters. The van der Waals surface area contributed by atoms with Gasteiger partial charge in [-0.05, 0) is 65.0 Å². The summed E-state index contributed by atoms with van der Waals surface area (Å²) in [6, 6.07) is 5.34. The van der Waals surface area contributed by atoms with Crippen molar-refractivity contribution in [3.63, 3.8) is 0 Å². The van der Waals surface area contributed by atoms with Crippen LogP contribution in [-0.2, 0) is 9.53 Å². The fourth-order valence-electron chi connectivity index (χ4n) is 2.99. The fraction of sp³-hybridized carbons (Fsp3) is 0.611. The maximum Gasteiger partial charge on any atom is 0.309 e. The Morgan fingerprint density at radius 1 is 1.25 bits per heavy atom. The lowest BCUT2D eigenvalue weighted by Gasteiger charge is -2.30. The van der Waals surface area contributed by atoms with Crippen LogP contribution in [0.5, 0.6) is 0 Å². The molecule has 0 heterocycles. The molecule has 0 amide bonds. The van der Waals surface area contributed by atoms with Gasteiger partial charge in [0.25, 0.3) is 5.69 Å². The summed E-state index contributed by atoms with van der Waals surface area (Å²) in [5, 5.41) is 14.5. The molecular weight excluding hydrogens is 308 g/mol. The first-order valence-electron chi connectivity index (χ1n) is 8.40. The van der Waals surface area contributed by atoms with Crippen LogP contribution in [0, 0.1) is 23.0 Å². The number of aryl methyl sites for hydroxylation is 1. The van der Waals surface area contributed by atoms with Crippen molar-refractivity contribution in [2.24, 2.45) is 5.92 Å². The number of nitrogens with zero attached hydrogens (tertiary/aromatic N) is 1. The van der Waals surface area contributed by atoms with Crippen molar-refractivity contribution in [2.45, 2.75) is 65.0 Å². The van der Waals surface area contributed by atoms with E-state index in [2.05, 4.69) is 5.32 Å². The summed E-state index contributed by atoms with van der Waals surface area (Å²) in [7, 11) is 0. The van der Waals surface area contributed by atoms with Crippen molar-refractivity contribution in [3.8, 4) is 0 Å². The smallest absolute Gasteiger partial charge is 0.309 e. The third-order valence-corrected chi connectivity index (χ3v) is 4.18. The Hall–Kier alpha value is -2.11. The second-order valence-electron chi connectivity index (χ2n) is 7.50. The summed E-state index contributed by atoms with van der Waals surface area (Å²) >= 11 is 0. The van der Waals surface area contributed by atoms with Crippen LogP contribution in [0.15, 0.2) is 18.2 Å². The quantitative estimate of drug-likeness (QED) is 0.506. The number of anilines is 1. The van der Waals surface area contributed by atoms with E-state index in [-0.39, 0.29) is 28.5 Å². The Morgan fingerprint density at radius 2 is 1.88 bits per heavy atom. The van der Waals surface area contributed by atoms with Crippen molar-refractivity contribution in [3.05, 3.63) is 33.9 Å². The number of esters is 1. The van der Waals surface area contributed by atoms with Crippen molar-refractivity contribution in [1.29, 1.82) is 0 Å². The molecule has 6 nitrogen and oxygen atoms in total. The molecule has 1 aromatic rings. The Bertz CT molecular complexity index is 614. The van der Waals surface area contributed by atoms with E-state index in [9.17, 15) is 14.9 Å². The number of nitrogens with one attached hydrogen (secondary N) is 1. The monoisotopic (exact) mass is 334 g/mol. The molecule has 0 radical (unpaired) electrons. The average Bonchev–Trinajstić information content (AvgIpc) is 2.48. The molecule has 24 heavy (non-hydrogen) atoms. The summed E-state index contributed by atoms with van der Waals surface area (Å²) in [5.41, 5.74) is 1.05. The number of hydrogen-bond acceptors (Lipinski definition) is 5. The topological polar surface area (TPSA) is 81.5 Å². The maximum absolute atomic E-state index is 12.1. The molecule has 1 saturated carbocycles. The molecule has 1 aliphatic rings. The lowest BCUT2D eigenvalue weighted by molar-refractivity contribution is -0.384. The van der Waals surface area contributed by atoms with Crippen molar-refractivity contribution in [2.75, 3.05) is 5.32 Å². The predicted molar refractivity (Wildman–Crippen MR) is 93.0 cm³/mol. The summed E-state index contributed by atoms with van der Waals surface area (Å²) in [4.78, 5) is 23.0. The van der Waals surface area contributed by atoms with Gasteiger partial charge in [-0.1, -0.05) is 6.07 Å². The van der Waals surface area contributed by atoms with Crippen LogP contribution in [0.4, 0.5) is 11.4 Å². The number of nitro benzene ring substituents is 1. The van der Waals surface area contributed by atoms with Gasteiger partial charge >= 0.3 is 5.97 Å². The number of rotatable bonds is 4. The van der Waals surface area contributed by atoms with Gasteiger partial charge < -0.3 is 10.1 Å². The van der Waals surface area contributed by atoms with Gasteiger partial charge in [0.1, 0.15) is 11.3 Å². The minimum absolute atomic E-state index is 0.0738. The third-order valence-electron chi connectivity index (χ3n) is 4.18. The number of hydrogen-bond donors (Lipinski definition) is 1. The van der Waals surface area contributed by atoms with Crippen molar-refractivity contribution < 1.29 is 14.5 Å². The van der Waals surface area contributed by atoms with E-state index in [0.29, 0.717) is 5.69 Å². The molecule has 1 N–H and O–H groups in total. The molecule has 132 valence electrons. The number of carbonyl (C=O) groups is 1. The number of nitro groups is 1. The zero-order valence-corrected chi connectivity index (χ0v) is 14.8. The van der Waals surface area contributed by atoms with E-state index in [1.807, 2.05) is 33.8 Å². The highest BCUT2D eigenvalue weighted by atomic mass is 16.6. The molecule has 1 aromatic carbocycles. The molecule has 0 spiro atoms. The SMILES string of the molecule is Cc1ccc(NC2CCC(C(=O)OC(C)(C)C)CC2)c([N+](=O)[O-])c1. The summed E-state index contributed by atoms with van der Waals surface area (Å²) in [5.74, 6) is -0.211. The van der Waals surface area contributed by atoms with E-state index in [0.717, 1.165) is 31.2 Å². The van der Waals surface area contributed by atoms with Crippen LogP contribution >= 0.6 is 0 Å². The first-order valence-corrected chi connectivity index (χ1v) is 8.40. The minimum atomic E-state index is -0.464. The van der Waals surface area contributed by atoms with Gasteiger partial charge in [-0.15, -0.1) is 0 Å². The van der Waals surface area contributed by atoms with Crippen LogP contribution in [0.1, 0.15) is 52.0 Å². The predicted octanol–water partition coefficient (Wildman–Crippen LogP) is 4.22. The van der Waals surface area contributed by atoms with E-state index in [1.165, 1.54) is 0 Å². The van der Waals surface area contributed by atoms with E-state index in [1.54, 1.807) is 12.1 Å². The summed E-state index contributed by atoms with van der Waals surface area (Å²) in [6.07, 6.45) is 3.09. The zero-order chi connectivity index (χ0) is 17.9. The molecular formula is C18H26N2O4. The highest BCUT2D eigenvalue weighted by molar-refractivity contribution is 5.73. The molecule has 0 aliphatic heterocycles. The number of ether oxygens (including phenoxy) is 1. The van der Waals surface area contributed by atoms with Crippen LogP contribution in [0.3, 0.4) is 0 Å². The van der Waals surface area contributed by atoms with Crippen molar-refractivity contribution in [1.82, 2.24) is 0 Å². The van der Waals surface area contributed by atoms with Gasteiger partial charge in [-0.25, -0.2) is 0 Å². The van der Waals surface area contributed by atoms with Gasteiger partial charge in [0.05, 0.1) is 10.8 Å². The minimum Gasteiger partial charge on any atom is -0.460 e. The normalized spacial score (nSPS) is 21.2. The maximum atomic E-state index is 12.1. The van der Waals surface area contributed by atoms with Gasteiger partial charge in [0.2, 0.25) is 0 Å². The molecule has 0 saturated heterocycles. The van der Waals surface area contributed by atoms with Gasteiger partial charge in [-0.2, -0.15) is 0 Å². The van der Waals surface area contributed by atoms with E-state index in [4.69, 9.17) is 4.74 Å². The first-order chi connectivity index (χ1) is 11.2. The standard InChI is InChI=1S/C18H26N2O4/c1-12-5-10-15(16(11-12)20(22)23)19-14-8-6-13(7-9-14)17(21)24-18(2,3)4/h5,10-11,13-14,19H,6-9H2,1-4H3. The second-order valence-corrected chi connectivity index (χ2v) is 7.50. The molecule has 6 heteroatoms. The average molecular weight is 334 g/mol. The Balaban J connectivity index is 1.94. The fourth-order valence-corrected chi connectivity index (χ4v) is 2.99. The van der Waals surface area contributed by atoms with Crippen LogP contribution in [0.25, 0.3) is 0 Å². The molecule has 2 rings (SSSR count). The second kappa shape index (κ2) is 7.20. The zero-order valence-electron chi connectivity index (χ0n) is 14.8. The van der Waals surface area contributed by atoms with Gasteiger partial charge in [0.15, 0.2) is 0 Å². The largest absolute Gasteiger partial charge is 0.460 e. The summed E-state index contributed by atoms with van der Waals surface area (Å²) < 4.78 is 5.45. The van der Waals surface area contributed by atoms with Crippen molar-refractivity contribution >= 4 is 17.3 Å². The lowest BCUT2D eigenvalue weighted by Crippen LogP contribution is -2.33. The Labute approximate surface area is 142 Å². The highest BCUT2D eigenvalue weighted by Gasteiger charge is 2.30. The summed E-state index contributed by atoms with van der Waals surface area (Å²) in [6.45, 7) is 7.45. The molecule has 1 fully saturated rings. The molecule has 0 aromatic heterocycles. The third kappa shape index (κ3) is 4.94. The van der Waals surface area contributed by atoms with Crippen LogP contribution in [-0.4, -0.2) is 22.5 Å². The van der Waals surface area contributed by atoms with E-state index < -0.39 is 5.60 Å².